The predicted molar refractivity (Wildman–Crippen MR) is 111 cm³/mol. The zero-order chi connectivity index (χ0) is 19.6. The zero-order valence-electron chi connectivity index (χ0n) is 14.9. The third-order valence-electron chi connectivity index (χ3n) is 4.17. The Bertz CT molecular complexity index is 1100. The molecule has 0 aliphatic rings. The molecule has 0 unspecified atom stereocenters. The van der Waals surface area contributed by atoms with Crippen LogP contribution in [0.15, 0.2) is 66.7 Å². The van der Waals surface area contributed by atoms with Gasteiger partial charge >= 0.3 is 0 Å². The highest BCUT2D eigenvalue weighted by Crippen LogP contribution is 2.25. The van der Waals surface area contributed by atoms with Gasteiger partial charge in [0, 0.05) is 10.7 Å². The summed E-state index contributed by atoms with van der Waals surface area (Å²) in [5.74, 6) is -0.435. The van der Waals surface area contributed by atoms with Gasteiger partial charge < -0.3 is 5.32 Å². The number of rotatable bonds is 5. The summed E-state index contributed by atoms with van der Waals surface area (Å²) in [4.78, 5) is 12.7. The monoisotopic (exact) mass is 402 g/mol. The standard InChI is InChI=1S/C20H19ClN2O3S/c1-14(23(27(2,25)26)19-9-5-8-17(21)13-19)20(24)22-18-11-10-15-6-3-4-7-16(15)12-18/h3-14H,1-2H3,(H,22,24)/t14-/m1/s1. The maximum atomic E-state index is 12.7. The third kappa shape index (κ3) is 4.40. The molecular formula is C20H19ClN2O3S. The Morgan fingerprint density at radius 2 is 1.70 bits per heavy atom. The first-order chi connectivity index (χ1) is 12.8. The van der Waals surface area contributed by atoms with Crippen LogP contribution in [-0.2, 0) is 14.8 Å². The number of anilines is 2. The molecule has 0 bridgehead atoms. The molecule has 0 saturated carbocycles. The highest BCUT2D eigenvalue weighted by atomic mass is 35.5. The SMILES string of the molecule is C[C@H](C(=O)Nc1ccc2ccccc2c1)N(c1cccc(Cl)c1)S(C)(=O)=O. The van der Waals surface area contributed by atoms with E-state index in [0.717, 1.165) is 21.3 Å². The molecule has 0 aliphatic heterocycles. The number of carbonyl (C=O) groups is 1. The molecule has 3 rings (SSSR count). The summed E-state index contributed by atoms with van der Waals surface area (Å²) in [5.41, 5.74) is 0.941. The Kier molecular flexibility index (Phi) is 5.39. The average Bonchev–Trinajstić information content (AvgIpc) is 2.60. The summed E-state index contributed by atoms with van der Waals surface area (Å²) in [7, 11) is -3.69. The van der Waals surface area contributed by atoms with Crippen molar-refractivity contribution in [2.24, 2.45) is 0 Å². The lowest BCUT2D eigenvalue weighted by Crippen LogP contribution is -2.45. The highest BCUT2D eigenvalue weighted by Gasteiger charge is 2.29. The van der Waals surface area contributed by atoms with Gasteiger partial charge in [0.15, 0.2) is 0 Å². The normalized spacial score (nSPS) is 12.6. The second-order valence-electron chi connectivity index (χ2n) is 6.27. The molecule has 3 aromatic rings. The van der Waals surface area contributed by atoms with E-state index < -0.39 is 22.0 Å². The lowest BCUT2D eigenvalue weighted by molar-refractivity contribution is -0.116. The van der Waals surface area contributed by atoms with Crippen LogP contribution in [-0.4, -0.2) is 26.6 Å². The fraction of sp³-hybridized carbons (Fsp3) is 0.150. The number of amides is 1. The molecule has 1 amide bonds. The van der Waals surface area contributed by atoms with Crippen molar-refractivity contribution < 1.29 is 13.2 Å². The summed E-state index contributed by atoms with van der Waals surface area (Å²) >= 11 is 5.99. The van der Waals surface area contributed by atoms with E-state index in [1.54, 1.807) is 31.2 Å². The fourth-order valence-corrected chi connectivity index (χ4v) is 4.29. The van der Waals surface area contributed by atoms with Gasteiger partial charge in [-0.25, -0.2) is 8.42 Å². The van der Waals surface area contributed by atoms with E-state index in [0.29, 0.717) is 16.4 Å². The van der Waals surface area contributed by atoms with Gasteiger partial charge in [-0.05, 0) is 48.0 Å². The van der Waals surface area contributed by atoms with E-state index in [9.17, 15) is 13.2 Å². The summed E-state index contributed by atoms with van der Waals surface area (Å²) in [6.45, 7) is 1.54. The summed E-state index contributed by atoms with van der Waals surface area (Å²) < 4.78 is 25.7. The first-order valence-corrected chi connectivity index (χ1v) is 10.5. The van der Waals surface area contributed by atoms with E-state index in [1.165, 1.54) is 6.07 Å². The summed E-state index contributed by atoms with van der Waals surface area (Å²) in [6, 6.07) is 18.8. The molecule has 0 fully saturated rings. The van der Waals surface area contributed by atoms with E-state index in [4.69, 9.17) is 11.6 Å². The minimum atomic E-state index is -3.69. The van der Waals surface area contributed by atoms with E-state index >= 15 is 0 Å². The average molecular weight is 403 g/mol. The van der Waals surface area contributed by atoms with Crippen molar-refractivity contribution in [1.29, 1.82) is 0 Å². The molecule has 5 nitrogen and oxygen atoms in total. The first kappa shape index (κ1) is 19.2. The first-order valence-electron chi connectivity index (χ1n) is 8.30. The lowest BCUT2D eigenvalue weighted by atomic mass is 10.1. The fourth-order valence-electron chi connectivity index (χ4n) is 2.94. The molecule has 140 valence electrons. The van der Waals surface area contributed by atoms with Crippen molar-refractivity contribution in [3.8, 4) is 0 Å². The Balaban J connectivity index is 1.88. The Morgan fingerprint density at radius 1 is 1.00 bits per heavy atom. The highest BCUT2D eigenvalue weighted by molar-refractivity contribution is 7.92. The van der Waals surface area contributed by atoms with Crippen molar-refractivity contribution in [3.05, 3.63) is 71.8 Å². The Hall–Kier alpha value is -2.57. The molecule has 0 heterocycles. The van der Waals surface area contributed by atoms with Crippen LogP contribution in [0.2, 0.25) is 5.02 Å². The predicted octanol–water partition coefficient (Wildman–Crippen LogP) is 4.29. The molecule has 7 heteroatoms. The Labute approximate surface area is 163 Å². The van der Waals surface area contributed by atoms with Gasteiger partial charge in [-0.3, -0.25) is 9.10 Å². The second kappa shape index (κ2) is 7.58. The van der Waals surface area contributed by atoms with E-state index in [1.807, 2.05) is 36.4 Å². The van der Waals surface area contributed by atoms with Crippen molar-refractivity contribution in [2.75, 3.05) is 15.9 Å². The summed E-state index contributed by atoms with van der Waals surface area (Å²) in [5, 5.41) is 5.22. The lowest BCUT2D eigenvalue weighted by Gasteiger charge is -2.28. The molecule has 0 aromatic heterocycles. The second-order valence-corrected chi connectivity index (χ2v) is 8.56. The van der Waals surface area contributed by atoms with Crippen LogP contribution in [0.3, 0.4) is 0 Å². The maximum Gasteiger partial charge on any atom is 0.247 e. The van der Waals surface area contributed by atoms with Crippen LogP contribution in [0.25, 0.3) is 10.8 Å². The van der Waals surface area contributed by atoms with Gasteiger partial charge in [0.1, 0.15) is 6.04 Å². The number of hydrogen-bond acceptors (Lipinski definition) is 3. The van der Waals surface area contributed by atoms with E-state index in [-0.39, 0.29) is 0 Å². The van der Waals surface area contributed by atoms with Gasteiger partial charge in [0.2, 0.25) is 15.9 Å². The van der Waals surface area contributed by atoms with Gasteiger partial charge in [0.05, 0.1) is 11.9 Å². The molecule has 27 heavy (non-hydrogen) atoms. The Morgan fingerprint density at radius 3 is 2.37 bits per heavy atom. The number of benzene rings is 3. The van der Waals surface area contributed by atoms with Gasteiger partial charge in [-0.1, -0.05) is 48.0 Å². The molecule has 1 atom stereocenters. The van der Waals surface area contributed by atoms with Crippen molar-refractivity contribution in [3.63, 3.8) is 0 Å². The number of nitrogens with one attached hydrogen (secondary N) is 1. The van der Waals surface area contributed by atoms with Crippen LogP contribution in [0, 0.1) is 0 Å². The number of fused-ring (bicyclic) bond motifs is 1. The van der Waals surface area contributed by atoms with Crippen LogP contribution in [0.4, 0.5) is 11.4 Å². The van der Waals surface area contributed by atoms with Crippen LogP contribution in [0.5, 0.6) is 0 Å². The molecule has 0 aliphatic carbocycles. The topological polar surface area (TPSA) is 66.5 Å². The smallest absolute Gasteiger partial charge is 0.247 e. The molecule has 0 radical (unpaired) electrons. The zero-order valence-corrected chi connectivity index (χ0v) is 16.5. The molecule has 0 spiro atoms. The van der Waals surface area contributed by atoms with Crippen LogP contribution >= 0.6 is 11.6 Å². The minimum absolute atomic E-state index is 0.339. The van der Waals surface area contributed by atoms with Gasteiger partial charge in [-0.15, -0.1) is 0 Å². The number of nitrogens with zero attached hydrogens (tertiary/aromatic N) is 1. The van der Waals surface area contributed by atoms with Crippen LogP contribution < -0.4 is 9.62 Å². The van der Waals surface area contributed by atoms with Gasteiger partial charge in [0.25, 0.3) is 0 Å². The number of carbonyl (C=O) groups excluding carboxylic acids is 1. The molecule has 1 N–H and O–H groups in total. The van der Waals surface area contributed by atoms with Crippen LogP contribution in [0.1, 0.15) is 6.92 Å². The maximum absolute atomic E-state index is 12.7. The van der Waals surface area contributed by atoms with Crippen molar-refractivity contribution in [2.45, 2.75) is 13.0 Å². The number of hydrogen-bond donors (Lipinski definition) is 1. The third-order valence-corrected chi connectivity index (χ3v) is 5.64. The largest absolute Gasteiger partial charge is 0.324 e. The quantitative estimate of drug-likeness (QED) is 0.692. The molecular weight excluding hydrogens is 384 g/mol. The van der Waals surface area contributed by atoms with Crippen molar-refractivity contribution in [1.82, 2.24) is 0 Å². The molecule has 3 aromatic carbocycles. The molecule has 0 saturated heterocycles. The van der Waals surface area contributed by atoms with Crippen molar-refractivity contribution >= 4 is 49.7 Å². The van der Waals surface area contributed by atoms with E-state index in [2.05, 4.69) is 5.32 Å². The minimum Gasteiger partial charge on any atom is -0.324 e. The number of halogens is 1. The van der Waals surface area contributed by atoms with Gasteiger partial charge in [-0.2, -0.15) is 0 Å². The number of sulfonamides is 1. The summed E-state index contributed by atoms with van der Waals surface area (Å²) in [6.07, 6.45) is 1.06.